The molecule has 3 N–H and O–H groups in total. The van der Waals surface area contributed by atoms with E-state index in [0.29, 0.717) is 12.6 Å². The maximum Gasteiger partial charge on any atom is 0.323 e. The highest BCUT2D eigenvalue weighted by Crippen LogP contribution is 2.18. The first-order valence-electron chi connectivity index (χ1n) is 5.63. The van der Waals surface area contributed by atoms with E-state index in [2.05, 4.69) is 20.3 Å². The number of rotatable bonds is 5. The largest absolute Gasteiger partial charge is 0.467 e. The average molecular weight is 249 g/mol. The summed E-state index contributed by atoms with van der Waals surface area (Å²) in [5.74, 6) is 1.25. The molecule has 1 unspecified atom stereocenters. The molecule has 0 radical (unpaired) electrons. The smallest absolute Gasteiger partial charge is 0.323 e. The summed E-state index contributed by atoms with van der Waals surface area (Å²) >= 11 is 0. The van der Waals surface area contributed by atoms with Gasteiger partial charge in [0.15, 0.2) is 0 Å². The minimum Gasteiger partial charge on any atom is -0.467 e. The van der Waals surface area contributed by atoms with Crippen LogP contribution in [0.3, 0.4) is 0 Å². The highest BCUT2D eigenvalue weighted by Gasteiger charge is 2.11. The van der Waals surface area contributed by atoms with Crippen LogP contribution in [0.1, 0.15) is 25.6 Å². The molecule has 2 aromatic rings. The Morgan fingerprint density at radius 2 is 2.28 bits per heavy atom. The predicted molar refractivity (Wildman–Crippen MR) is 66.2 cm³/mol. The minimum absolute atomic E-state index is 0.0729. The number of nitrogen functional groups attached to an aromatic ring is 1. The van der Waals surface area contributed by atoms with Crippen molar-refractivity contribution in [3.05, 3.63) is 24.2 Å². The summed E-state index contributed by atoms with van der Waals surface area (Å²) in [6.07, 6.45) is 1.61. The first kappa shape index (κ1) is 12.2. The van der Waals surface area contributed by atoms with Crippen molar-refractivity contribution in [1.29, 1.82) is 0 Å². The molecule has 0 aliphatic rings. The molecular weight excluding hydrogens is 234 g/mol. The van der Waals surface area contributed by atoms with Crippen molar-refractivity contribution in [2.75, 3.05) is 17.7 Å². The molecule has 0 amide bonds. The first-order valence-corrected chi connectivity index (χ1v) is 5.63. The van der Waals surface area contributed by atoms with Crippen LogP contribution in [0.2, 0.25) is 0 Å². The van der Waals surface area contributed by atoms with Crippen LogP contribution in [0, 0.1) is 0 Å². The lowest BCUT2D eigenvalue weighted by Gasteiger charge is -2.11. The zero-order valence-electron chi connectivity index (χ0n) is 10.3. The fourth-order valence-corrected chi connectivity index (χ4v) is 1.43. The van der Waals surface area contributed by atoms with Gasteiger partial charge in [-0.2, -0.15) is 15.0 Å². The number of anilines is 2. The first-order chi connectivity index (χ1) is 8.69. The quantitative estimate of drug-likeness (QED) is 0.830. The molecule has 2 aromatic heterocycles. The van der Waals surface area contributed by atoms with Gasteiger partial charge >= 0.3 is 6.01 Å². The Labute approximate surface area is 104 Å². The summed E-state index contributed by atoms with van der Waals surface area (Å²) in [5.41, 5.74) is 5.58. The Hall–Kier alpha value is -2.31. The SMILES string of the molecule is CCOc1nc(N)nc(NC(C)c2ccco2)n1. The van der Waals surface area contributed by atoms with E-state index in [-0.39, 0.29) is 18.0 Å². The van der Waals surface area contributed by atoms with Crippen molar-refractivity contribution < 1.29 is 9.15 Å². The van der Waals surface area contributed by atoms with Crippen LogP contribution < -0.4 is 15.8 Å². The Kier molecular flexibility index (Phi) is 3.61. The van der Waals surface area contributed by atoms with Gasteiger partial charge in [-0.25, -0.2) is 0 Å². The van der Waals surface area contributed by atoms with Gasteiger partial charge in [0.1, 0.15) is 5.76 Å². The van der Waals surface area contributed by atoms with Crippen LogP contribution in [0.4, 0.5) is 11.9 Å². The number of nitrogens with two attached hydrogens (primary N) is 1. The molecule has 1 atom stereocenters. The molecule has 2 rings (SSSR count). The Morgan fingerprint density at radius 3 is 2.94 bits per heavy atom. The molecule has 0 bridgehead atoms. The average Bonchev–Trinajstić information content (AvgIpc) is 2.81. The van der Waals surface area contributed by atoms with Crippen LogP contribution in [-0.4, -0.2) is 21.6 Å². The summed E-state index contributed by atoms with van der Waals surface area (Å²) in [4.78, 5) is 11.9. The van der Waals surface area contributed by atoms with Gasteiger partial charge < -0.3 is 20.2 Å². The lowest BCUT2D eigenvalue weighted by molar-refractivity contribution is 0.312. The molecule has 2 heterocycles. The number of aromatic nitrogens is 3. The number of ether oxygens (including phenoxy) is 1. The van der Waals surface area contributed by atoms with E-state index in [1.54, 1.807) is 6.26 Å². The summed E-state index contributed by atoms with van der Waals surface area (Å²) in [5, 5.41) is 3.07. The van der Waals surface area contributed by atoms with E-state index in [4.69, 9.17) is 14.9 Å². The van der Waals surface area contributed by atoms with E-state index < -0.39 is 0 Å². The topological polar surface area (TPSA) is 99.1 Å². The van der Waals surface area contributed by atoms with Crippen molar-refractivity contribution in [2.24, 2.45) is 0 Å². The van der Waals surface area contributed by atoms with E-state index in [1.165, 1.54) is 0 Å². The second-order valence-corrected chi connectivity index (χ2v) is 3.61. The zero-order chi connectivity index (χ0) is 13.0. The number of nitrogens with one attached hydrogen (secondary N) is 1. The lowest BCUT2D eigenvalue weighted by Crippen LogP contribution is -2.12. The third kappa shape index (κ3) is 2.88. The van der Waals surface area contributed by atoms with Gasteiger partial charge in [-0.1, -0.05) is 0 Å². The number of nitrogens with zero attached hydrogens (tertiary/aromatic N) is 3. The molecule has 0 spiro atoms. The monoisotopic (exact) mass is 249 g/mol. The second kappa shape index (κ2) is 5.35. The molecule has 0 saturated carbocycles. The van der Waals surface area contributed by atoms with Gasteiger partial charge in [0.05, 0.1) is 18.9 Å². The summed E-state index contributed by atoms with van der Waals surface area (Å²) < 4.78 is 10.5. The van der Waals surface area contributed by atoms with Crippen molar-refractivity contribution in [3.8, 4) is 6.01 Å². The van der Waals surface area contributed by atoms with Crippen LogP contribution in [0.5, 0.6) is 6.01 Å². The molecule has 0 aromatic carbocycles. The predicted octanol–water partition coefficient (Wildman–Crippen LogP) is 1.62. The normalized spacial score (nSPS) is 12.1. The van der Waals surface area contributed by atoms with E-state index in [0.717, 1.165) is 5.76 Å². The van der Waals surface area contributed by atoms with Gasteiger partial charge in [-0.05, 0) is 26.0 Å². The third-order valence-electron chi connectivity index (χ3n) is 2.22. The fourth-order valence-electron chi connectivity index (χ4n) is 1.43. The third-order valence-corrected chi connectivity index (χ3v) is 2.22. The zero-order valence-corrected chi connectivity index (χ0v) is 10.3. The van der Waals surface area contributed by atoms with E-state index >= 15 is 0 Å². The van der Waals surface area contributed by atoms with E-state index in [1.807, 2.05) is 26.0 Å². The van der Waals surface area contributed by atoms with Gasteiger partial charge in [0, 0.05) is 0 Å². The maximum atomic E-state index is 5.58. The molecule has 0 aliphatic heterocycles. The van der Waals surface area contributed by atoms with Crippen LogP contribution in [0.25, 0.3) is 0 Å². The van der Waals surface area contributed by atoms with E-state index in [9.17, 15) is 0 Å². The van der Waals surface area contributed by atoms with Crippen LogP contribution in [0.15, 0.2) is 22.8 Å². The van der Waals surface area contributed by atoms with Crippen molar-refractivity contribution in [3.63, 3.8) is 0 Å². The minimum atomic E-state index is -0.0729. The number of hydrogen-bond donors (Lipinski definition) is 2. The standard InChI is InChI=1S/C11H15N5O2/c1-3-17-11-15-9(12)14-10(16-11)13-7(2)8-5-4-6-18-8/h4-7H,3H2,1-2H3,(H3,12,13,14,15,16). The summed E-state index contributed by atoms with van der Waals surface area (Å²) in [6, 6.07) is 3.82. The highest BCUT2D eigenvalue weighted by molar-refractivity contribution is 5.34. The molecule has 0 saturated heterocycles. The van der Waals surface area contributed by atoms with Crippen molar-refractivity contribution >= 4 is 11.9 Å². The molecule has 0 fully saturated rings. The number of hydrogen-bond acceptors (Lipinski definition) is 7. The lowest BCUT2D eigenvalue weighted by atomic mass is 10.2. The van der Waals surface area contributed by atoms with Crippen LogP contribution in [-0.2, 0) is 0 Å². The fraction of sp³-hybridized carbons (Fsp3) is 0.364. The number of furan rings is 1. The van der Waals surface area contributed by atoms with Gasteiger partial charge in [0.25, 0.3) is 0 Å². The molecule has 96 valence electrons. The van der Waals surface area contributed by atoms with Crippen molar-refractivity contribution in [2.45, 2.75) is 19.9 Å². The molecular formula is C11H15N5O2. The second-order valence-electron chi connectivity index (χ2n) is 3.61. The summed E-state index contributed by atoms with van der Waals surface area (Å²) in [7, 11) is 0. The highest BCUT2D eigenvalue weighted by atomic mass is 16.5. The molecule has 0 aliphatic carbocycles. The Morgan fingerprint density at radius 1 is 1.44 bits per heavy atom. The molecule has 18 heavy (non-hydrogen) atoms. The molecule has 7 heteroatoms. The van der Waals surface area contributed by atoms with Crippen molar-refractivity contribution in [1.82, 2.24) is 15.0 Å². The Bertz CT molecular complexity index is 500. The molecule has 7 nitrogen and oxygen atoms in total. The van der Waals surface area contributed by atoms with Gasteiger partial charge in [-0.15, -0.1) is 0 Å². The summed E-state index contributed by atoms with van der Waals surface area (Å²) in [6.45, 7) is 4.24. The van der Waals surface area contributed by atoms with Crippen LogP contribution >= 0.6 is 0 Å². The van der Waals surface area contributed by atoms with Gasteiger partial charge in [-0.3, -0.25) is 0 Å². The maximum absolute atomic E-state index is 5.58. The Balaban J connectivity index is 2.13. The van der Waals surface area contributed by atoms with Gasteiger partial charge in [0.2, 0.25) is 11.9 Å².